The third kappa shape index (κ3) is 5.24. The molecule has 21 heavy (non-hydrogen) atoms. The number of anilines is 2. The highest BCUT2D eigenvalue weighted by molar-refractivity contribution is 6.31. The van der Waals surface area contributed by atoms with Crippen LogP contribution >= 0.6 is 11.6 Å². The quantitative estimate of drug-likeness (QED) is 0.691. The van der Waals surface area contributed by atoms with Crippen molar-refractivity contribution < 1.29 is 9.59 Å². The van der Waals surface area contributed by atoms with E-state index in [1.54, 1.807) is 37.1 Å². The number of amides is 2. The summed E-state index contributed by atoms with van der Waals surface area (Å²) in [6.45, 7) is 4.27. The molecular weight excluding hydrogens is 292 g/mol. The number of nitrogen functional groups attached to an aromatic ring is 1. The number of halogens is 1. The summed E-state index contributed by atoms with van der Waals surface area (Å²) in [5, 5.41) is 5.89. The fourth-order valence-corrected chi connectivity index (χ4v) is 1.86. The standard InChI is InChI=1S/C14H21ClN4O2/c1-4-17-13(20)8-19(3)9(2)14(21)18-12-7-10(15)5-6-11(12)16/h5-7,9H,4,8,16H2,1-3H3,(H,17,20)(H,18,21). The summed E-state index contributed by atoms with van der Waals surface area (Å²) in [4.78, 5) is 25.3. The zero-order valence-electron chi connectivity index (χ0n) is 12.4. The number of hydrogen-bond acceptors (Lipinski definition) is 4. The Labute approximate surface area is 129 Å². The third-order valence-electron chi connectivity index (χ3n) is 3.08. The second-order valence-corrected chi connectivity index (χ2v) is 5.20. The first-order valence-corrected chi connectivity index (χ1v) is 7.05. The van der Waals surface area contributed by atoms with Crippen LogP contribution < -0.4 is 16.4 Å². The van der Waals surface area contributed by atoms with Crippen molar-refractivity contribution in [2.45, 2.75) is 19.9 Å². The van der Waals surface area contributed by atoms with Gasteiger partial charge in [0, 0.05) is 11.6 Å². The maximum Gasteiger partial charge on any atom is 0.241 e. The van der Waals surface area contributed by atoms with E-state index in [0.717, 1.165) is 0 Å². The van der Waals surface area contributed by atoms with E-state index in [-0.39, 0.29) is 18.4 Å². The van der Waals surface area contributed by atoms with Crippen LogP contribution in [0.1, 0.15) is 13.8 Å². The molecule has 1 unspecified atom stereocenters. The molecule has 2 amide bonds. The highest BCUT2D eigenvalue weighted by Gasteiger charge is 2.20. The Morgan fingerprint density at radius 3 is 2.71 bits per heavy atom. The Morgan fingerprint density at radius 2 is 2.10 bits per heavy atom. The number of nitrogens with zero attached hydrogens (tertiary/aromatic N) is 1. The second-order valence-electron chi connectivity index (χ2n) is 4.77. The molecule has 0 bridgehead atoms. The van der Waals surface area contributed by atoms with E-state index in [0.29, 0.717) is 22.9 Å². The van der Waals surface area contributed by atoms with Crippen molar-refractivity contribution in [1.82, 2.24) is 10.2 Å². The van der Waals surface area contributed by atoms with E-state index in [1.165, 1.54) is 0 Å². The van der Waals surface area contributed by atoms with E-state index in [2.05, 4.69) is 10.6 Å². The fraction of sp³-hybridized carbons (Fsp3) is 0.429. The molecule has 4 N–H and O–H groups in total. The van der Waals surface area contributed by atoms with E-state index >= 15 is 0 Å². The minimum atomic E-state index is -0.481. The molecule has 116 valence electrons. The minimum Gasteiger partial charge on any atom is -0.397 e. The van der Waals surface area contributed by atoms with Crippen LogP contribution in [0.4, 0.5) is 11.4 Å². The molecule has 0 aromatic heterocycles. The van der Waals surface area contributed by atoms with Crippen LogP contribution in [-0.4, -0.2) is 42.9 Å². The zero-order chi connectivity index (χ0) is 16.0. The molecule has 6 nitrogen and oxygen atoms in total. The molecule has 0 spiro atoms. The zero-order valence-corrected chi connectivity index (χ0v) is 13.2. The number of carbonyl (C=O) groups excluding carboxylic acids is 2. The van der Waals surface area contributed by atoms with Crippen LogP contribution in [-0.2, 0) is 9.59 Å². The summed E-state index contributed by atoms with van der Waals surface area (Å²) in [5.74, 6) is -0.377. The van der Waals surface area contributed by atoms with Crippen molar-refractivity contribution in [2.75, 3.05) is 31.2 Å². The molecule has 0 fully saturated rings. The van der Waals surface area contributed by atoms with Gasteiger partial charge in [-0.1, -0.05) is 11.6 Å². The molecule has 0 aliphatic carbocycles. The number of nitrogens with two attached hydrogens (primary N) is 1. The first-order chi connectivity index (χ1) is 9.85. The molecule has 7 heteroatoms. The van der Waals surface area contributed by atoms with Gasteiger partial charge >= 0.3 is 0 Å². The van der Waals surface area contributed by atoms with Gasteiger partial charge in [0.05, 0.1) is 24.0 Å². The highest BCUT2D eigenvalue weighted by atomic mass is 35.5. The first kappa shape index (κ1) is 17.3. The van der Waals surface area contributed by atoms with Crippen molar-refractivity contribution in [3.63, 3.8) is 0 Å². The van der Waals surface area contributed by atoms with Gasteiger partial charge in [-0.2, -0.15) is 0 Å². The summed E-state index contributed by atoms with van der Waals surface area (Å²) >= 11 is 5.88. The average molecular weight is 313 g/mol. The lowest BCUT2D eigenvalue weighted by atomic mass is 10.2. The summed E-state index contributed by atoms with van der Waals surface area (Å²) in [5.41, 5.74) is 6.68. The maximum absolute atomic E-state index is 12.2. The van der Waals surface area contributed by atoms with Gasteiger partial charge in [-0.25, -0.2) is 0 Å². The Balaban J connectivity index is 2.65. The molecule has 0 heterocycles. The molecule has 1 aromatic rings. The number of benzene rings is 1. The smallest absolute Gasteiger partial charge is 0.241 e. The van der Waals surface area contributed by atoms with Gasteiger partial charge in [0.25, 0.3) is 0 Å². The molecule has 0 saturated carbocycles. The molecule has 0 aliphatic rings. The molecule has 1 rings (SSSR count). The van der Waals surface area contributed by atoms with Crippen molar-refractivity contribution in [3.05, 3.63) is 23.2 Å². The lowest BCUT2D eigenvalue weighted by Gasteiger charge is -2.23. The summed E-state index contributed by atoms with van der Waals surface area (Å²) in [6, 6.07) is 4.38. The molecular formula is C14H21ClN4O2. The van der Waals surface area contributed by atoms with Crippen LogP contribution in [0.25, 0.3) is 0 Å². The van der Waals surface area contributed by atoms with Gasteiger partial charge in [0.1, 0.15) is 0 Å². The Bertz CT molecular complexity index is 522. The fourth-order valence-electron chi connectivity index (χ4n) is 1.69. The molecule has 1 aromatic carbocycles. The summed E-state index contributed by atoms with van der Waals surface area (Å²) in [6.07, 6.45) is 0. The topological polar surface area (TPSA) is 87.5 Å². The van der Waals surface area contributed by atoms with Crippen LogP contribution in [0.2, 0.25) is 5.02 Å². The van der Waals surface area contributed by atoms with Crippen LogP contribution in [0.15, 0.2) is 18.2 Å². The number of likely N-dealkylation sites (N-methyl/N-ethyl adjacent to an activating group) is 2. The van der Waals surface area contributed by atoms with Gasteiger partial charge in [0.15, 0.2) is 0 Å². The van der Waals surface area contributed by atoms with Gasteiger partial charge in [-0.05, 0) is 39.1 Å². The maximum atomic E-state index is 12.2. The van der Waals surface area contributed by atoms with Gasteiger partial charge in [-0.3, -0.25) is 14.5 Å². The first-order valence-electron chi connectivity index (χ1n) is 6.68. The van der Waals surface area contributed by atoms with Gasteiger partial charge in [0.2, 0.25) is 11.8 Å². The highest BCUT2D eigenvalue weighted by Crippen LogP contribution is 2.23. The van der Waals surface area contributed by atoms with Crippen molar-refractivity contribution in [1.29, 1.82) is 0 Å². The van der Waals surface area contributed by atoms with Crippen LogP contribution in [0.5, 0.6) is 0 Å². The van der Waals surface area contributed by atoms with Crippen LogP contribution in [0, 0.1) is 0 Å². The third-order valence-corrected chi connectivity index (χ3v) is 3.32. The predicted molar refractivity (Wildman–Crippen MR) is 85.3 cm³/mol. The number of hydrogen-bond donors (Lipinski definition) is 3. The number of rotatable bonds is 6. The SMILES string of the molecule is CCNC(=O)CN(C)C(C)C(=O)Nc1cc(Cl)ccc1N. The van der Waals surface area contributed by atoms with Crippen molar-refractivity contribution in [3.8, 4) is 0 Å². The van der Waals surface area contributed by atoms with Crippen molar-refractivity contribution in [2.24, 2.45) is 0 Å². The molecule has 0 saturated heterocycles. The minimum absolute atomic E-state index is 0.123. The predicted octanol–water partition coefficient (Wildman–Crippen LogP) is 1.32. The normalized spacial score (nSPS) is 12.0. The number of carbonyl (C=O) groups is 2. The summed E-state index contributed by atoms with van der Waals surface area (Å²) in [7, 11) is 1.71. The molecule has 0 aliphatic heterocycles. The van der Waals surface area contributed by atoms with E-state index in [9.17, 15) is 9.59 Å². The van der Waals surface area contributed by atoms with Gasteiger partial charge in [-0.15, -0.1) is 0 Å². The molecule has 1 atom stereocenters. The van der Waals surface area contributed by atoms with E-state index in [1.807, 2.05) is 6.92 Å². The monoisotopic (exact) mass is 312 g/mol. The van der Waals surface area contributed by atoms with Crippen molar-refractivity contribution >= 4 is 34.8 Å². The Hall–Kier alpha value is -1.79. The second kappa shape index (κ2) is 7.85. The van der Waals surface area contributed by atoms with Gasteiger partial charge < -0.3 is 16.4 Å². The average Bonchev–Trinajstić information content (AvgIpc) is 2.42. The van der Waals surface area contributed by atoms with E-state index < -0.39 is 6.04 Å². The lowest BCUT2D eigenvalue weighted by molar-refractivity contribution is -0.124. The Kier molecular flexibility index (Phi) is 6.45. The summed E-state index contributed by atoms with van der Waals surface area (Å²) < 4.78 is 0. The number of nitrogens with one attached hydrogen (secondary N) is 2. The Morgan fingerprint density at radius 1 is 1.43 bits per heavy atom. The van der Waals surface area contributed by atoms with Crippen LogP contribution in [0.3, 0.4) is 0 Å². The molecule has 0 radical (unpaired) electrons. The lowest BCUT2D eigenvalue weighted by Crippen LogP contribution is -2.44. The van der Waals surface area contributed by atoms with E-state index in [4.69, 9.17) is 17.3 Å². The largest absolute Gasteiger partial charge is 0.397 e.